The smallest absolute Gasteiger partial charge is 0.437 e. The first-order valence-electron chi connectivity index (χ1n) is 24.3. The molecule has 2 aromatic rings. The molecule has 1 saturated heterocycles. The third kappa shape index (κ3) is 11.8. The number of nitrogens with one attached hydrogen (secondary N) is 2. The number of aryl methyl sites for hydroxylation is 1. The van der Waals surface area contributed by atoms with Crippen LogP contribution in [0.2, 0.25) is 0 Å². The Hall–Kier alpha value is -4.71. The Morgan fingerprint density at radius 1 is 1.04 bits per heavy atom. The highest BCUT2D eigenvalue weighted by Crippen LogP contribution is 2.49. The zero-order chi connectivity index (χ0) is 49.0. The Morgan fingerprint density at radius 2 is 1.82 bits per heavy atom. The fraction of sp³-hybridized carbons (Fsp3) is 0.660. The first-order chi connectivity index (χ1) is 32.3. The van der Waals surface area contributed by atoms with E-state index in [1.807, 2.05) is 26.0 Å². The molecule has 0 spiro atoms. The van der Waals surface area contributed by atoms with Gasteiger partial charge in [0.25, 0.3) is 0 Å². The molecule has 18 heteroatoms. The number of alkyl halides is 3. The van der Waals surface area contributed by atoms with Crippen molar-refractivity contribution < 1.29 is 59.7 Å². The van der Waals surface area contributed by atoms with E-state index in [2.05, 4.69) is 21.7 Å². The summed E-state index contributed by atoms with van der Waals surface area (Å²) in [5.74, 6) is -3.46. The SMILES string of the molecule is CCc1c(OC2CC3C(=O)NC4(C(=O)CS(=O)(=O)C5(C)CC5)CC4C=CCCCCCC(NC(=O)OCC(C)C)C(=O)N3C2)c(C(F)(F)F)nc2ccc(OC3CCC=C(CCOC)CC3)cc12. The van der Waals surface area contributed by atoms with Gasteiger partial charge in [0.1, 0.15) is 35.2 Å². The summed E-state index contributed by atoms with van der Waals surface area (Å²) >= 11 is 0. The lowest BCUT2D eigenvalue weighted by Crippen LogP contribution is -2.57. The number of carbonyl (C=O) groups excluding carboxylic acids is 4. The van der Waals surface area contributed by atoms with Crippen LogP contribution in [-0.4, -0.2) is 109 Å². The van der Waals surface area contributed by atoms with E-state index in [1.54, 1.807) is 33.1 Å². The molecular formula is C50H67F3N4O10S. The monoisotopic (exact) mass is 972 g/mol. The molecule has 14 nitrogen and oxygen atoms in total. The quantitative estimate of drug-likeness (QED) is 0.165. The summed E-state index contributed by atoms with van der Waals surface area (Å²) < 4.78 is 94.5. The van der Waals surface area contributed by atoms with E-state index < -0.39 is 91.3 Å². The standard InChI is InChI=1S/C50H67F3N4O10S/c1-6-37-38-25-35(66-34-15-12-13-32(17-18-34)21-24-64-5)19-20-39(38)54-44(50(51,52)53)43(37)67-36-26-41-45(59)56-49(42(58)30-68(62,63)48(4)22-23-48)27-33(49)14-10-8-7-9-11-16-40(46(60)57(41)28-36)55-47(61)65-29-31(2)3/h10,13-14,19-20,25,31,33-34,36,40-41H,6-9,11-12,15-18,21-24,26-30H2,1-5H3,(H,55,61)(H,56,59). The van der Waals surface area contributed by atoms with Crippen molar-refractivity contribution >= 4 is 44.4 Å². The number of allylic oxidation sites excluding steroid dienone is 2. The lowest BCUT2D eigenvalue weighted by molar-refractivity contribution is -0.143. The van der Waals surface area contributed by atoms with Gasteiger partial charge in [-0.05, 0) is 108 Å². The van der Waals surface area contributed by atoms with E-state index in [9.17, 15) is 27.6 Å². The van der Waals surface area contributed by atoms with Gasteiger partial charge in [-0.15, -0.1) is 0 Å². The van der Waals surface area contributed by atoms with Crippen LogP contribution in [0.4, 0.5) is 18.0 Å². The van der Waals surface area contributed by atoms with Crippen LogP contribution in [0.25, 0.3) is 10.9 Å². The third-order valence-electron chi connectivity index (χ3n) is 14.2. The fourth-order valence-corrected chi connectivity index (χ4v) is 11.3. The molecule has 6 atom stereocenters. The number of alkyl carbamates (subject to hydrolysis) is 1. The maximum absolute atomic E-state index is 15.1. The number of rotatable bonds is 15. The van der Waals surface area contributed by atoms with Gasteiger partial charge in [-0.2, -0.15) is 13.2 Å². The molecule has 2 aliphatic heterocycles. The number of halogens is 3. The van der Waals surface area contributed by atoms with E-state index in [1.165, 1.54) is 16.5 Å². The van der Waals surface area contributed by atoms with Crippen molar-refractivity contribution in [1.82, 2.24) is 20.5 Å². The average Bonchev–Trinajstić information content (AvgIpc) is 4.18. The van der Waals surface area contributed by atoms with Gasteiger partial charge < -0.3 is 34.5 Å². The van der Waals surface area contributed by atoms with Gasteiger partial charge in [0.15, 0.2) is 27.1 Å². The Labute approximate surface area is 397 Å². The number of ketones is 1. The predicted molar refractivity (Wildman–Crippen MR) is 249 cm³/mol. The number of sulfone groups is 1. The molecule has 7 rings (SSSR count). The summed E-state index contributed by atoms with van der Waals surface area (Å²) in [4.78, 5) is 61.9. The third-order valence-corrected chi connectivity index (χ3v) is 16.7. The van der Waals surface area contributed by atoms with Gasteiger partial charge in [0, 0.05) is 37.0 Å². The number of carbonyl (C=O) groups is 4. The summed E-state index contributed by atoms with van der Waals surface area (Å²) in [7, 11) is -2.19. The Morgan fingerprint density at radius 3 is 2.53 bits per heavy atom. The molecule has 3 aliphatic carbocycles. The number of amides is 3. The number of methoxy groups -OCH3 is 1. The molecule has 6 unspecified atom stereocenters. The first kappa shape index (κ1) is 51.1. The molecular weight excluding hydrogens is 906 g/mol. The molecule has 2 saturated carbocycles. The number of pyridine rings is 1. The van der Waals surface area contributed by atoms with Gasteiger partial charge in [0.05, 0.1) is 29.5 Å². The predicted octanol–water partition coefficient (Wildman–Crippen LogP) is 8.13. The van der Waals surface area contributed by atoms with Crippen LogP contribution in [0.1, 0.15) is 129 Å². The minimum absolute atomic E-state index is 0.00244. The van der Waals surface area contributed by atoms with Crippen LogP contribution in [-0.2, 0) is 46.3 Å². The highest BCUT2D eigenvalue weighted by Gasteiger charge is 2.62. The Bertz CT molecular complexity index is 2380. The summed E-state index contributed by atoms with van der Waals surface area (Å²) in [6, 6.07) is 2.26. The van der Waals surface area contributed by atoms with Gasteiger partial charge in [-0.1, -0.05) is 57.4 Å². The van der Waals surface area contributed by atoms with Gasteiger partial charge in [-0.3, -0.25) is 14.4 Å². The van der Waals surface area contributed by atoms with E-state index in [-0.39, 0.29) is 61.9 Å². The van der Waals surface area contributed by atoms with E-state index in [0.717, 1.165) is 32.1 Å². The number of aromatic nitrogens is 1. The number of fused-ring (bicyclic) bond motifs is 3. The van der Waals surface area contributed by atoms with Crippen LogP contribution in [0.15, 0.2) is 42.0 Å². The van der Waals surface area contributed by atoms with Crippen molar-refractivity contribution in [1.29, 1.82) is 0 Å². The second-order valence-electron chi connectivity index (χ2n) is 19.9. The molecule has 68 heavy (non-hydrogen) atoms. The van der Waals surface area contributed by atoms with Gasteiger partial charge in [-0.25, -0.2) is 18.2 Å². The number of benzene rings is 1. The largest absolute Gasteiger partial charge is 0.490 e. The molecule has 3 amide bonds. The summed E-state index contributed by atoms with van der Waals surface area (Å²) in [6.45, 7) is 7.38. The zero-order valence-electron chi connectivity index (χ0n) is 39.9. The number of nitrogens with zero attached hydrogens (tertiary/aromatic N) is 2. The van der Waals surface area contributed by atoms with Gasteiger partial charge in [0.2, 0.25) is 11.8 Å². The van der Waals surface area contributed by atoms with Crippen LogP contribution >= 0.6 is 0 Å². The second-order valence-corrected chi connectivity index (χ2v) is 22.4. The molecule has 0 radical (unpaired) electrons. The maximum Gasteiger partial charge on any atom is 0.437 e. The molecule has 0 bridgehead atoms. The maximum atomic E-state index is 15.1. The van der Waals surface area contributed by atoms with Crippen molar-refractivity contribution in [3.63, 3.8) is 0 Å². The number of ether oxygens (including phenoxy) is 4. The van der Waals surface area contributed by atoms with Crippen LogP contribution in [0.5, 0.6) is 11.5 Å². The molecule has 374 valence electrons. The lowest BCUT2D eigenvalue weighted by atomic mass is 10.0. The first-order valence-corrected chi connectivity index (χ1v) is 25.9. The summed E-state index contributed by atoms with van der Waals surface area (Å²) in [5.41, 5.74) is -1.23. The minimum Gasteiger partial charge on any atom is -0.490 e. The molecule has 3 heterocycles. The van der Waals surface area contributed by atoms with Crippen molar-refractivity contribution in [2.45, 2.75) is 165 Å². The normalized spacial score (nSPS) is 26.6. The highest BCUT2D eigenvalue weighted by molar-refractivity contribution is 7.93. The zero-order valence-corrected chi connectivity index (χ0v) is 40.7. The van der Waals surface area contributed by atoms with E-state index in [4.69, 9.17) is 18.9 Å². The second kappa shape index (κ2) is 21.1. The molecule has 1 aromatic heterocycles. The molecule has 1 aromatic carbocycles. The summed E-state index contributed by atoms with van der Waals surface area (Å²) in [5, 5.41) is 5.92. The average molecular weight is 973 g/mol. The van der Waals surface area contributed by atoms with Crippen LogP contribution < -0.4 is 20.1 Å². The Kier molecular flexibility index (Phi) is 15.9. The lowest BCUT2D eigenvalue weighted by Gasteiger charge is -2.30. The highest BCUT2D eigenvalue weighted by atomic mass is 32.2. The van der Waals surface area contributed by atoms with Crippen molar-refractivity contribution in [2.24, 2.45) is 11.8 Å². The van der Waals surface area contributed by atoms with Gasteiger partial charge >= 0.3 is 12.3 Å². The topological polar surface area (TPSA) is 180 Å². The number of hydrogen-bond donors (Lipinski definition) is 2. The fourth-order valence-electron chi connectivity index (χ4n) is 9.66. The van der Waals surface area contributed by atoms with Crippen molar-refractivity contribution in [3.8, 4) is 11.5 Å². The molecule has 3 fully saturated rings. The van der Waals surface area contributed by atoms with Crippen molar-refractivity contribution in [2.75, 3.05) is 32.6 Å². The van der Waals surface area contributed by atoms with Crippen molar-refractivity contribution in [3.05, 3.63) is 53.3 Å². The number of hydrogen-bond acceptors (Lipinski definition) is 11. The molecule has 2 N–H and O–H groups in total. The van der Waals surface area contributed by atoms with Crippen LogP contribution in [0.3, 0.4) is 0 Å². The number of Topliss-reactive ketones (excluding diaryl/α,β-unsaturated/α-hetero) is 1. The summed E-state index contributed by atoms with van der Waals surface area (Å²) in [6.07, 6.45) is 6.39. The van der Waals surface area contributed by atoms with Crippen LogP contribution in [0, 0.1) is 11.8 Å². The minimum atomic E-state index is -4.96. The molecule has 5 aliphatic rings. The van der Waals surface area contributed by atoms with E-state index in [0.29, 0.717) is 56.3 Å². The van der Waals surface area contributed by atoms with E-state index >= 15 is 13.2 Å². The Balaban J connectivity index is 1.21.